The van der Waals surface area contributed by atoms with Gasteiger partial charge in [-0.15, -0.1) is 0 Å². The molecule has 0 aliphatic rings. The zero-order valence-corrected chi connectivity index (χ0v) is 13.7. The van der Waals surface area contributed by atoms with Crippen molar-refractivity contribution in [3.8, 4) is 11.8 Å². The molecule has 4 heteroatoms. The Balaban J connectivity index is 2.41. The van der Waals surface area contributed by atoms with E-state index >= 15 is 0 Å². The molecule has 0 amide bonds. The lowest BCUT2D eigenvalue weighted by Crippen LogP contribution is -2.09. The lowest BCUT2D eigenvalue weighted by Gasteiger charge is -2.06. The van der Waals surface area contributed by atoms with Crippen LogP contribution in [0.2, 0.25) is 0 Å². The first-order valence-corrected chi connectivity index (χ1v) is 7.70. The van der Waals surface area contributed by atoms with E-state index in [-0.39, 0.29) is 24.3 Å². The molecule has 2 aromatic rings. The van der Waals surface area contributed by atoms with Crippen molar-refractivity contribution in [1.29, 1.82) is 0 Å². The molecule has 0 radical (unpaired) electrons. The van der Waals surface area contributed by atoms with Crippen LogP contribution >= 0.6 is 0 Å². The van der Waals surface area contributed by atoms with Crippen LogP contribution in [0.3, 0.4) is 0 Å². The van der Waals surface area contributed by atoms with Gasteiger partial charge in [-0.2, -0.15) is 0 Å². The van der Waals surface area contributed by atoms with Gasteiger partial charge in [-0.3, -0.25) is 0 Å². The van der Waals surface area contributed by atoms with Gasteiger partial charge in [-0.1, -0.05) is 30.0 Å². The van der Waals surface area contributed by atoms with Crippen LogP contribution in [0.1, 0.15) is 45.7 Å². The maximum Gasteiger partial charge on any atom is 0.338 e. The van der Waals surface area contributed by atoms with Crippen molar-refractivity contribution in [2.45, 2.75) is 13.8 Å². The number of carbonyl (C=O) groups is 2. The molecule has 0 saturated carbocycles. The van der Waals surface area contributed by atoms with Crippen LogP contribution in [-0.2, 0) is 9.47 Å². The molecule has 0 N–H and O–H groups in total. The fraction of sp³-hybridized carbons (Fsp3) is 0.200. The molecule has 0 bridgehead atoms. The average molecular weight is 322 g/mol. The smallest absolute Gasteiger partial charge is 0.338 e. The van der Waals surface area contributed by atoms with E-state index in [1.807, 2.05) is 30.3 Å². The molecule has 0 atom stereocenters. The predicted molar refractivity (Wildman–Crippen MR) is 90.8 cm³/mol. The summed E-state index contributed by atoms with van der Waals surface area (Å²) in [6.45, 7) is 3.97. The zero-order valence-electron chi connectivity index (χ0n) is 13.7. The third kappa shape index (κ3) is 4.72. The monoisotopic (exact) mass is 322 g/mol. The number of hydrogen-bond acceptors (Lipinski definition) is 4. The van der Waals surface area contributed by atoms with Gasteiger partial charge >= 0.3 is 11.9 Å². The molecule has 0 aliphatic carbocycles. The number of rotatable bonds is 4. The maximum absolute atomic E-state index is 12.0. The van der Waals surface area contributed by atoms with Gasteiger partial charge in [0.05, 0.1) is 24.3 Å². The summed E-state index contributed by atoms with van der Waals surface area (Å²) in [4.78, 5) is 24.0. The Labute approximate surface area is 141 Å². The van der Waals surface area contributed by atoms with E-state index in [9.17, 15) is 9.59 Å². The third-order valence-corrected chi connectivity index (χ3v) is 3.08. The van der Waals surface area contributed by atoms with Crippen molar-refractivity contribution in [2.24, 2.45) is 0 Å². The summed E-state index contributed by atoms with van der Waals surface area (Å²) in [7, 11) is 0. The van der Waals surface area contributed by atoms with Gasteiger partial charge in [0, 0.05) is 11.1 Å². The second-order valence-corrected chi connectivity index (χ2v) is 4.86. The van der Waals surface area contributed by atoms with Crippen molar-refractivity contribution < 1.29 is 19.1 Å². The van der Waals surface area contributed by atoms with Gasteiger partial charge in [-0.05, 0) is 44.2 Å². The number of ether oxygens (including phenoxy) is 2. The standard InChI is InChI=1S/C20H18O4/c1-3-23-19(21)17-12-16(11-10-15-8-6-5-7-9-15)13-18(14-17)20(22)24-4-2/h5-9,12-14H,3-4H2,1-2H3. The molecule has 0 heterocycles. The van der Waals surface area contributed by atoms with Crippen LogP contribution in [0.5, 0.6) is 0 Å². The highest BCUT2D eigenvalue weighted by atomic mass is 16.5. The van der Waals surface area contributed by atoms with Crippen LogP contribution in [0.4, 0.5) is 0 Å². The third-order valence-electron chi connectivity index (χ3n) is 3.08. The Hall–Kier alpha value is -3.06. The summed E-state index contributed by atoms with van der Waals surface area (Å²) in [6, 6.07) is 14.1. The first-order chi connectivity index (χ1) is 11.6. The summed E-state index contributed by atoms with van der Waals surface area (Å²) in [5, 5.41) is 0. The van der Waals surface area contributed by atoms with E-state index in [1.165, 1.54) is 6.07 Å². The molecule has 4 nitrogen and oxygen atoms in total. The molecule has 2 rings (SSSR count). The average Bonchev–Trinajstić information content (AvgIpc) is 2.61. The molecule has 24 heavy (non-hydrogen) atoms. The normalized spacial score (nSPS) is 9.58. The topological polar surface area (TPSA) is 52.6 Å². The molecule has 0 fully saturated rings. The van der Waals surface area contributed by atoms with Crippen molar-refractivity contribution >= 4 is 11.9 Å². The van der Waals surface area contributed by atoms with Crippen LogP contribution in [0, 0.1) is 11.8 Å². The van der Waals surface area contributed by atoms with E-state index in [4.69, 9.17) is 9.47 Å². The van der Waals surface area contributed by atoms with Crippen LogP contribution < -0.4 is 0 Å². The quantitative estimate of drug-likeness (QED) is 0.639. The highest BCUT2D eigenvalue weighted by Gasteiger charge is 2.14. The van der Waals surface area contributed by atoms with Crippen molar-refractivity contribution in [3.63, 3.8) is 0 Å². The lowest BCUT2D eigenvalue weighted by molar-refractivity contribution is 0.0525. The molecule has 122 valence electrons. The minimum atomic E-state index is -0.494. The van der Waals surface area contributed by atoms with Gasteiger partial charge in [0.25, 0.3) is 0 Å². The summed E-state index contributed by atoms with van der Waals surface area (Å²) < 4.78 is 10.0. The summed E-state index contributed by atoms with van der Waals surface area (Å²) >= 11 is 0. The SMILES string of the molecule is CCOC(=O)c1cc(C#Cc2ccccc2)cc(C(=O)OCC)c1. The fourth-order valence-corrected chi connectivity index (χ4v) is 2.03. The second-order valence-electron chi connectivity index (χ2n) is 4.86. The zero-order chi connectivity index (χ0) is 17.4. The van der Waals surface area contributed by atoms with E-state index < -0.39 is 11.9 Å². The van der Waals surface area contributed by atoms with Gasteiger partial charge in [0.15, 0.2) is 0 Å². The van der Waals surface area contributed by atoms with E-state index in [0.717, 1.165) is 5.56 Å². The highest BCUT2D eigenvalue weighted by molar-refractivity contribution is 5.96. The van der Waals surface area contributed by atoms with Crippen LogP contribution in [-0.4, -0.2) is 25.2 Å². The fourth-order valence-electron chi connectivity index (χ4n) is 2.03. The summed E-state index contributed by atoms with van der Waals surface area (Å²) in [5.74, 6) is 4.99. The summed E-state index contributed by atoms with van der Waals surface area (Å²) in [5.41, 5.74) is 1.95. The Bertz CT molecular complexity index is 746. The van der Waals surface area contributed by atoms with Crippen molar-refractivity contribution in [1.82, 2.24) is 0 Å². The predicted octanol–water partition coefficient (Wildman–Crippen LogP) is 3.44. The lowest BCUT2D eigenvalue weighted by atomic mass is 10.1. The molecular weight excluding hydrogens is 304 g/mol. The number of benzene rings is 2. The minimum absolute atomic E-state index is 0.257. The van der Waals surface area contributed by atoms with Gasteiger partial charge in [-0.25, -0.2) is 9.59 Å². The molecule has 0 aliphatic heterocycles. The summed E-state index contributed by atoms with van der Waals surface area (Å²) in [6.07, 6.45) is 0. The Morgan fingerprint density at radius 1 is 0.792 bits per heavy atom. The first kappa shape index (κ1) is 17.3. The van der Waals surface area contributed by atoms with Gasteiger partial charge in [0.1, 0.15) is 0 Å². The molecule has 0 unspecified atom stereocenters. The van der Waals surface area contributed by atoms with Crippen molar-refractivity contribution in [2.75, 3.05) is 13.2 Å². The minimum Gasteiger partial charge on any atom is -0.462 e. The van der Waals surface area contributed by atoms with E-state index in [2.05, 4.69) is 11.8 Å². The molecule has 2 aromatic carbocycles. The molecule has 0 aromatic heterocycles. The largest absolute Gasteiger partial charge is 0.462 e. The number of esters is 2. The second kappa shape index (κ2) is 8.54. The van der Waals surface area contributed by atoms with Crippen LogP contribution in [0.15, 0.2) is 48.5 Å². The number of hydrogen-bond donors (Lipinski definition) is 0. The van der Waals surface area contributed by atoms with Crippen molar-refractivity contribution in [3.05, 3.63) is 70.8 Å². The number of carbonyl (C=O) groups excluding carboxylic acids is 2. The Morgan fingerprint density at radius 3 is 1.79 bits per heavy atom. The first-order valence-electron chi connectivity index (χ1n) is 7.70. The molecular formula is C20H18O4. The Morgan fingerprint density at radius 2 is 1.29 bits per heavy atom. The van der Waals surface area contributed by atoms with Crippen LogP contribution in [0.25, 0.3) is 0 Å². The maximum atomic E-state index is 12.0. The molecule has 0 spiro atoms. The van der Waals surface area contributed by atoms with Gasteiger partial charge < -0.3 is 9.47 Å². The van der Waals surface area contributed by atoms with E-state index in [1.54, 1.807) is 26.0 Å². The van der Waals surface area contributed by atoms with E-state index in [0.29, 0.717) is 5.56 Å². The Kier molecular flexibility index (Phi) is 6.16. The molecule has 0 saturated heterocycles. The highest BCUT2D eigenvalue weighted by Crippen LogP contribution is 2.13. The van der Waals surface area contributed by atoms with Gasteiger partial charge in [0.2, 0.25) is 0 Å².